The van der Waals surface area contributed by atoms with Gasteiger partial charge in [-0.1, -0.05) is 30.3 Å². The third kappa shape index (κ3) is 3.82. The fourth-order valence-corrected chi connectivity index (χ4v) is 1.98. The van der Waals surface area contributed by atoms with Crippen molar-refractivity contribution in [2.75, 3.05) is 14.1 Å². The molecule has 0 saturated carbocycles. The van der Waals surface area contributed by atoms with Gasteiger partial charge in [-0.2, -0.15) is 0 Å². The van der Waals surface area contributed by atoms with Crippen LogP contribution in [0.5, 0.6) is 5.75 Å². The Hall–Kier alpha value is -2.96. The molecular weight excluding hydrogens is 303 g/mol. The van der Waals surface area contributed by atoms with Gasteiger partial charge in [0.1, 0.15) is 5.82 Å². The zero-order valence-corrected chi connectivity index (χ0v) is 12.6. The van der Waals surface area contributed by atoms with Crippen molar-refractivity contribution >= 4 is 11.6 Å². The van der Waals surface area contributed by atoms with E-state index in [-0.39, 0.29) is 5.75 Å². The summed E-state index contributed by atoms with van der Waals surface area (Å²) in [6, 6.07) is 11.4. The summed E-state index contributed by atoms with van der Waals surface area (Å²) in [5.74, 6) is -1.39. The topological polar surface area (TPSA) is 72.7 Å². The maximum absolute atomic E-state index is 13.4. The number of nitro benzene ring substituents is 1. The molecule has 6 nitrogen and oxygen atoms in total. The molecule has 23 heavy (non-hydrogen) atoms. The van der Waals surface area contributed by atoms with Gasteiger partial charge in [0.2, 0.25) is 11.9 Å². The number of rotatable bonds is 5. The van der Waals surface area contributed by atoms with Crippen LogP contribution in [0, 0.1) is 15.9 Å². The van der Waals surface area contributed by atoms with Gasteiger partial charge >= 0.3 is 5.69 Å². The molecular formula is C16H15FN2O4. The number of amides is 1. The van der Waals surface area contributed by atoms with E-state index in [0.29, 0.717) is 5.56 Å². The van der Waals surface area contributed by atoms with Gasteiger partial charge in [0.25, 0.3) is 5.91 Å². The SMILES string of the molecule is CN(C)C(=O)[C@H](Oc1cc(F)ccc1[N+](=O)[O-])c1ccccc1. The Kier molecular flexibility index (Phi) is 4.90. The first-order valence-corrected chi connectivity index (χ1v) is 6.77. The van der Waals surface area contributed by atoms with Crippen molar-refractivity contribution < 1.29 is 18.8 Å². The predicted octanol–water partition coefficient (Wildman–Crippen LogP) is 2.94. The third-order valence-electron chi connectivity index (χ3n) is 3.13. The van der Waals surface area contributed by atoms with Crippen LogP contribution in [0.15, 0.2) is 48.5 Å². The summed E-state index contributed by atoms with van der Waals surface area (Å²) in [4.78, 5) is 24.0. The van der Waals surface area contributed by atoms with Gasteiger partial charge in [-0.15, -0.1) is 0 Å². The predicted molar refractivity (Wildman–Crippen MR) is 81.6 cm³/mol. The van der Waals surface area contributed by atoms with E-state index in [9.17, 15) is 19.3 Å². The second kappa shape index (κ2) is 6.87. The Balaban J connectivity index is 2.45. The molecule has 0 aliphatic carbocycles. The number of nitro groups is 1. The van der Waals surface area contributed by atoms with Crippen LogP contribution in [0.1, 0.15) is 11.7 Å². The summed E-state index contributed by atoms with van der Waals surface area (Å²) < 4.78 is 18.9. The van der Waals surface area contributed by atoms with E-state index in [1.807, 2.05) is 0 Å². The van der Waals surface area contributed by atoms with Crippen molar-refractivity contribution in [1.29, 1.82) is 0 Å². The first-order chi connectivity index (χ1) is 10.9. The van der Waals surface area contributed by atoms with E-state index in [0.717, 1.165) is 18.2 Å². The maximum Gasteiger partial charge on any atom is 0.311 e. The lowest BCUT2D eigenvalue weighted by molar-refractivity contribution is -0.386. The molecule has 1 atom stereocenters. The Bertz CT molecular complexity index is 719. The highest BCUT2D eigenvalue weighted by Gasteiger charge is 2.27. The first kappa shape index (κ1) is 16.4. The highest BCUT2D eigenvalue weighted by Crippen LogP contribution is 2.32. The summed E-state index contributed by atoms with van der Waals surface area (Å²) in [5.41, 5.74) is 0.114. The Morgan fingerprint density at radius 2 is 1.87 bits per heavy atom. The number of nitrogens with zero attached hydrogens (tertiary/aromatic N) is 2. The molecule has 0 aliphatic heterocycles. The number of hydrogen-bond acceptors (Lipinski definition) is 4. The highest BCUT2D eigenvalue weighted by molar-refractivity contribution is 5.82. The normalized spacial score (nSPS) is 11.6. The van der Waals surface area contributed by atoms with Gasteiger partial charge in [0, 0.05) is 31.8 Å². The molecule has 1 amide bonds. The lowest BCUT2D eigenvalue weighted by Gasteiger charge is -2.22. The molecule has 2 aromatic carbocycles. The van der Waals surface area contributed by atoms with Gasteiger partial charge in [0.05, 0.1) is 4.92 Å². The molecule has 0 aromatic heterocycles. The molecule has 0 aliphatic rings. The van der Waals surface area contributed by atoms with Crippen LogP contribution in [-0.2, 0) is 4.79 Å². The number of halogens is 1. The van der Waals surface area contributed by atoms with E-state index >= 15 is 0 Å². The van der Waals surface area contributed by atoms with Gasteiger partial charge in [-0.25, -0.2) is 4.39 Å². The van der Waals surface area contributed by atoms with Crippen molar-refractivity contribution in [3.8, 4) is 5.75 Å². The summed E-state index contributed by atoms with van der Waals surface area (Å²) >= 11 is 0. The fraction of sp³-hybridized carbons (Fsp3) is 0.188. The molecule has 0 bridgehead atoms. The first-order valence-electron chi connectivity index (χ1n) is 6.77. The number of benzene rings is 2. The van der Waals surface area contributed by atoms with Gasteiger partial charge in [-0.3, -0.25) is 14.9 Å². The fourth-order valence-electron chi connectivity index (χ4n) is 1.98. The number of carbonyl (C=O) groups is 1. The molecule has 0 radical (unpaired) electrons. The average Bonchev–Trinajstić information content (AvgIpc) is 2.52. The molecule has 2 aromatic rings. The lowest BCUT2D eigenvalue weighted by Crippen LogP contribution is -2.31. The Labute approximate surface area is 132 Å². The molecule has 0 N–H and O–H groups in total. The largest absolute Gasteiger partial charge is 0.468 e. The van der Waals surface area contributed by atoms with Crippen molar-refractivity contribution in [3.63, 3.8) is 0 Å². The molecule has 0 spiro atoms. The third-order valence-corrected chi connectivity index (χ3v) is 3.13. The van der Waals surface area contributed by atoms with Crippen molar-refractivity contribution in [3.05, 3.63) is 70.0 Å². The van der Waals surface area contributed by atoms with Crippen LogP contribution in [0.25, 0.3) is 0 Å². The van der Waals surface area contributed by atoms with E-state index in [1.165, 1.54) is 4.90 Å². The summed E-state index contributed by atoms with van der Waals surface area (Å²) in [6.07, 6.45) is -1.10. The van der Waals surface area contributed by atoms with E-state index in [1.54, 1.807) is 44.4 Å². The molecule has 0 heterocycles. The molecule has 0 fully saturated rings. The molecule has 0 unspecified atom stereocenters. The second-order valence-corrected chi connectivity index (χ2v) is 5.01. The van der Waals surface area contributed by atoms with Gasteiger partial charge < -0.3 is 9.64 Å². The molecule has 2 rings (SSSR count). The standard InChI is InChI=1S/C16H15FN2O4/c1-18(2)16(20)15(11-6-4-3-5-7-11)23-14-10-12(17)8-9-13(14)19(21)22/h3-10,15H,1-2H3/t15-/m1/s1. The Morgan fingerprint density at radius 1 is 1.22 bits per heavy atom. The van der Waals surface area contributed by atoms with Crippen LogP contribution in [-0.4, -0.2) is 29.8 Å². The minimum absolute atomic E-state index is 0.293. The zero-order valence-electron chi connectivity index (χ0n) is 12.6. The number of likely N-dealkylation sites (N-methyl/N-ethyl adjacent to an activating group) is 1. The van der Waals surface area contributed by atoms with Crippen LogP contribution >= 0.6 is 0 Å². The van der Waals surface area contributed by atoms with Crippen LogP contribution < -0.4 is 4.74 Å². The summed E-state index contributed by atoms with van der Waals surface area (Å²) in [6.45, 7) is 0. The zero-order chi connectivity index (χ0) is 17.0. The van der Waals surface area contributed by atoms with E-state index in [4.69, 9.17) is 4.74 Å². The van der Waals surface area contributed by atoms with E-state index in [2.05, 4.69) is 0 Å². The average molecular weight is 318 g/mol. The van der Waals surface area contributed by atoms with Crippen LogP contribution in [0.3, 0.4) is 0 Å². The quantitative estimate of drug-likeness (QED) is 0.627. The summed E-state index contributed by atoms with van der Waals surface area (Å²) in [5, 5.41) is 11.1. The van der Waals surface area contributed by atoms with E-state index < -0.39 is 28.4 Å². The minimum Gasteiger partial charge on any atom is -0.468 e. The van der Waals surface area contributed by atoms with Crippen LogP contribution in [0.4, 0.5) is 10.1 Å². The summed E-state index contributed by atoms with van der Waals surface area (Å²) in [7, 11) is 3.09. The number of hydrogen-bond donors (Lipinski definition) is 0. The van der Waals surface area contributed by atoms with Gasteiger partial charge in [-0.05, 0) is 6.07 Å². The van der Waals surface area contributed by atoms with Crippen molar-refractivity contribution in [2.24, 2.45) is 0 Å². The molecule has 7 heteroatoms. The lowest BCUT2D eigenvalue weighted by atomic mass is 10.1. The Morgan fingerprint density at radius 3 is 2.43 bits per heavy atom. The monoisotopic (exact) mass is 318 g/mol. The van der Waals surface area contributed by atoms with Gasteiger partial charge in [0.15, 0.2) is 0 Å². The second-order valence-electron chi connectivity index (χ2n) is 5.01. The number of ether oxygens (including phenoxy) is 1. The maximum atomic E-state index is 13.4. The number of carbonyl (C=O) groups excluding carboxylic acids is 1. The van der Waals surface area contributed by atoms with Crippen LogP contribution in [0.2, 0.25) is 0 Å². The minimum atomic E-state index is -1.10. The van der Waals surface area contributed by atoms with Crippen molar-refractivity contribution in [2.45, 2.75) is 6.10 Å². The molecule has 0 saturated heterocycles. The van der Waals surface area contributed by atoms with Crippen molar-refractivity contribution in [1.82, 2.24) is 4.90 Å². The molecule has 120 valence electrons. The highest BCUT2D eigenvalue weighted by atomic mass is 19.1. The smallest absolute Gasteiger partial charge is 0.311 e.